The second-order valence-corrected chi connectivity index (χ2v) is 5.03. The first-order valence-electron chi connectivity index (χ1n) is 5.95. The number of aromatic nitrogens is 4. The maximum atomic E-state index is 11.9. The molecule has 1 N–H and O–H groups in total. The van der Waals surface area contributed by atoms with Gasteiger partial charge in [-0.15, -0.1) is 0 Å². The first-order chi connectivity index (χ1) is 7.99. The van der Waals surface area contributed by atoms with Crippen molar-refractivity contribution in [2.24, 2.45) is 5.92 Å². The van der Waals surface area contributed by atoms with E-state index >= 15 is 0 Å². The molecule has 0 aliphatic carbocycles. The first-order valence-corrected chi connectivity index (χ1v) is 5.95. The zero-order valence-corrected chi connectivity index (χ0v) is 10.7. The van der Waals surface area contributed by atoms with Gasteiger partial charge < -0.3 is 4.98 Å². The Morgan fingerprint density at radius 1 is 1.35 bits per heavy atom. The van der Waals surface area contributed by atoms with Crippen LogP contribution < -0.4 is 5.56 Å². The molecule has 0 unspecified atom stereocenters. The van der Waals surface area contributed by atoms with Crippen LogP contribution in [0.25, 0.3) is 11.0 Å². The predicted molar refractivity (Wildman–Crippen MR) is 67.1 cm³/mol. The van der Waals surface area contributed by atoms with E-state index in [1.807, 2.05) is 13.8 Å². The number of hydrogen-bond acceptors (Lipinski definition) is 3. The zero-order chi connectivity index (χ0) is 12.6. The lowest BCUT2D eigenvalue weighted by Gasteiger charge is -2.08. The monoisotopic (exact) mass is 234 g/mol. The molecule has 0 fully saturated rings. The highest BCUT2D eigenvalue weighted by atomic mass is 16.1. The van der Waals surface area contributed by atoms with Crippen molar-refractivity contribution in [1.29, 1.82) is 0 Å². The highest BCUT2D eigenvalue weighted by molar-refractivity contribution is 5.73. The third kappa shape index (κ3) is 2.23. The van der Waals surface area contributed by atoms with Crippen LogP contribution in [0, 0.1) is 5.92 Å². The summed E-state index contributed by atoms with van der Waals surface area (Å²) in [6.07, 6.45) is 2.36. The molecule has 2 aromatic rings. The molecule has 92 valence electrons. The summed E-state index contributed by atoms with van der Waals surface area (Å²) in [5.41, 5.74) is 0.581. The predicted octanol–water partition coefficient (Wildman–Crippen LogP) is 1.90. The molecule has 5 heteroatoms. The number of nitrogens with one attached hydrogen (secondary N) is 1. The fraction of sp³-hybridized carbons (Fsp3) is 0.583. The Kier molecular flexibility index (Phi) is 3.00. The van der Waals surface area contributed by atoms with Gasteiger partial charge in [0.25, 0.3) is 5.56 Å². The molecule has 0 amide bonds. The number of aromatic amines is 1. The molecule has 0 aliphatic rings. The van der Waals surface area contributed by atoms with Crippen molar-refractivity contribution in [2.45, 2.75) is 40.2 Å². The van der Waals surface area contributed by atoms with Crippen LogP contribution in [-0.4, -0.2) is 19.7 Å². The van der Waals surface area contributed by atoms with Crippen molar-refractivity contribution in [3.05, 3.63) is 22.4 Å². The van der Waals surface area contributed by atoms with E-state index in [0.717, 1.165) is 12.2 Å². The van der Waals surface area contributed by atoms with Gasteiger partial charge in [-0.05, 0) is 19.8 Å². The van der Waals surface area contributed by atoms with Gasteiger partial charge in [0, 0.05) is 12.5 Å². The topological polar surface area (TPSA) is 63.6 Å². The van der Waals surface area contributed by atoms with Gasteiger partial charge in [-0.3, -0.25) is 4.79 Å². The number of nitrogens with zero attached hydrogens (tertiary/aromatic N) is 3. The molecule has 0 aromatic carbocycles. The van der Waals surface area contributed by atoms with E-state index < -0.39 is 0 Å². The Bertz CT molecular complexity index is 580. The zero-order valence-electron chi connectivity index (χ0n) is 10.7. The van der Waals surface area contributed by atoms with E-state index in [-0.39, 0.29) is 11.6 Å². The van der Waals surface area contributed by atoms with Gasteiger partial charge in [0.05, 0.1) is 6.20 Å². The average Bonchev–Trinajstić information content (AvgIpc) is 2.60. The van der Waals surface area contributed by atoms with E-state index in [0.29, 0.717) is 17.0 Å². The van der Waals surface area contributed by atoms with Crippen LogP contribution in [0.5, 0.6) is 0 Å². The Labute approximate surface area is 99.9 Å². The Hall–Kier alpha value is -1.65. The van der Waals surface area contributed by atoms with Crippen LogP contribution in [0.4, 0.5) is 0 Å². The molecule has 17 heavy (non-hydrogen) atoms. The van der Waals surface area contributed by atoms with Gasteiger partial charge in [-0.2, -0.15) is 5.10 Å². The fourth-order valence-electron chi connectivity index (χ4n) is 1.84. The summed E-state index contributed by atoms with van der Waals surface area (Å²) < 4.78 is 1.79. The van der Waals surface area contributed by atoms with Crippen molar-refractivity contribution in [2.75, 3.05) is 0 Å². The standard InChI is InChI=1S/C12H18N4O/c1-7(2)5-10-14-11-9(12(17)15-10)6-13-16(11)8(3)4/h6-8H,5H2,1-4H3,(H,14,15,17). The van der Waals surface area contributed by atoms with Gasteiger partial charge in [0.1, 0.15) is 11.2 Å². The molecule has 0 spiro atoms. The molecule has 0 saturated heterocycles. The molecule has 0 bridgehead atoms. The SMILES string of the molecule is CC(C)Cc1nc2c(cnn2C(C)C)c(=O)[nH]1. The van der Waals surface area contributed by atoms with Crippen molar-refractivity contribution in [3.63, 3.8) is 0 Å². The van der Waals surface area contributed by atoms with Gasteiger partial charge in [-0.25, -0.2) is 9.67 Å². The molecular formula is C12H18N4O. The molecular weight excluding hydrogens is 216 g/mol. The lowest BCUT2D eigenvalue weighted by Crippen LogP contribution is -2.14. The molecule has 0 radical (unpaired) electrons. The van der Waals surface area contributed by atoms with E-state index in [1.165, 1.54) is 0 Å². The van der Waals surface area contributed by atoms with Crippen molar-refractivity contribution in [1.82, 2.24) is 19.7 Å². The largest absolute Gasteiger partial charge is 0.310 e. The van der Waals surface area contributed by atoms with E-state index in [2.05, 4.69) is 28.9 Å². The number of hydrogen-bond donors (Lipinski definition) is 1. The lowest BCUT2D eigenvalue weighted by atomic mass is 10.1. The molecule has 5 nitrogen and oxygen atoms in total. The van der Waals surface area contributed by atoms with E-state index in [9.17, 15) is 4.79 Å². The summed E-state index contributed by atoms with van der Waals surface area (Å²) in [6.45, 7) is 8.25. The van der Waals surface area contributed by atoms with Crippen molar-refractivity contribution >= 4 is 11.0 Å². The van der Waals surface area contributed by atoms with Gasteiger partial charge in [0.15, 0.2) is 5.65 Å². The van der Waals surface area contributed by atoms with Crippen LogP contribution in [0.2, 0.25) is 0 Å². The molecule has 2 heterocycles. The average molecular weight is 234 g/mol. The Balaban J connectivity index is 2.61. The second kappa shape index (κ2) is 4.31. The van der Waals surface area contributed by atoms with E-state index in [4.69, 9.17) is 0 Å². The smallest absolute Gasteiger partial charge is 0.262 e. The fourth-order valence-corrected chi connectivity index (χ4v) is 1.84. The van der Waals surface area contributed by atoms with Gasteiger partial charge in [-0.1, -0.05) is 13.8 Å². The van der Waals surface area contributed by atoms with Crippen molar-refractivity contribution in [3.8, 4) is 0 Å². The molecule has 2 rings (SSSR count). The normalized spacial score (nSPS) is 11.9. The van der Waals surface area contributed by atoms with Crippen molar-refractivity contribution < 1.29 is 0 Å². The lowest BCUT2D eigenvalue weighted by molar-refractivity contribution is 0.543. The summed E-state index contributed by atoms with van der Waals surface area (Å²) >= 11 is 0. The highest BCUT2D eigenvalue weighted by Crippen LogP contribution is 2.13. The summed E-state index contributed by atoms with van der Waals surface area (Å²) in [4.78, 5) is 19.2. The van der Waals surface area contributed by atoms with Crippen LogP contribution in [-0.2, 0) is 6.42 Å². The summed E-state index contributed by atoms with van der Waals surface area (Å²) in [6, 6.07) is 0.202. The Morgan fingerprint density at radius 2 is 2.06 bits per heavy atom. The maximum Gasteiger partial charge on any atom is 0.262 e. The quantitative estimate of drug-likeness (QED) is 0.882. The number of fused-ring (bicyclic) bond motifs is 1. The third-order valence-electron chi connectivity index (χ3n) is 2.60. The molecule has 2 aromatic heterocycles. The summed E-state index contributed by atoms with van der Waals surface area (Å²) in [7, 11) is 0. The first kappa shape index (κ1) is 11.8. The molecule has 0 saturated carbocycles. The summed E-state index contributed by atoms with van der Waals surface area (Å²) in [5.74, 6) is 1.20. The number of H-pyrrole nitrogens is 1. The number of rotatable bonds is 3. The van der Waals surface area contributed by atoms with Crippen LogP contribution in [0.3, 0.4) is 0 Å². The van der Waals surface area contributed by atoms with E-state index in [1.54, 1.807) is 10.9 Å². The maximum absolute atomic E-state index is 11.9. The summed E-state index contributed by atoms with van der Waals surface area (Å²) in [5, 5.41) is 4.77. The second-order valence-electron chi connectivity index (χ2n) is 5.03. The van der Waals surface area contributed by atoms with Crippen LogP contribution in [0.15, 0.2) is 11.0 Å². The Morgan fingerprint density at radius 3 is 2.65 bits per heavy atom. The minimum absolute atomic E-state index is 0.0995. The van der Waals surface area contributed by atoms with Gasteiger partial charge in [0.2, 0.25) is 0 Å². The van der Waals surface area contributed by atoms with Crippen LogP contribution >= 0.6 is 0 Å². The highest BCUT2D eigenvalue weighted by Gasteiger charge is 2.12. The minimum Gasteiger partial charge on any atom is -0.310 e. The molecule has 0 atom stereocenters. The van der Waals surface area contributed by atoms with Crippen LogP contribution in [0.1, 0.15) is 39.6 Å². The van der Waals surface area contributed by atoms with Gasteiger partial charge >= 0.3 is 0 Å². The molecule has 0 aliphatic heterocycles. The third-order valence-corrected chi connectivity index (χ3v) is 2.60. The minimum atomic E-state index is -0.0995.